The largest absolute Gasteiger partial charge is 0.465 e. The number of nitrogens with one attached hydrogen (secondary N) is 2. The summed E-state index contributed by atoms with van der Waals surface area (Å²) in [5, 5.41) is 5.81. The second-order valence-electron chi connectivity index (χ2n) is 11.1. The fourth-order valence-electron chi connectivity index (χ4n) is 5.82. The topological polar surface area (TPSA) is 132 Å². The van der Waals surface area contributed by atoms with E-state index in [-0.39, 0.29) is 40.7 Å². The number of halogens is 3. The van der Waals surface area contributed by atoms with Gasteiger partial charge in [0.05, 0.1) is 6.61 Å². The highest BCUT2D eigenvalue weighted by molar-refractivity contribution is 5.94. The summed E-state index contributed by atoms with van der Waals surface area (Å²) >= 11 is 0. The molecule has 1 spiro atoms. The number of piperidine rings is 1. The van der Waals surface area contributed by atoms with Crippen LogP contribution in [-0.4, -0.2) is 67.4 Å². The summed E-state index contributed by atoms with van der Waals surface area (Å²) in [6, 6.07) is 13.6. The van der Waals surface area contributed by atoms with Crippen LogP contribution in [0.2, 0.25) is 0 Å². The van der Waals surface area contributed by atoms with Crippen molar-refractivity contribution >= 4 is 23.6 Å². The van der Waals surface area contributed by atoms with Crippen LogP contribution in [0.3, 0.4) is 0 Å². The lowest BCUT2D eigenvalue weighted by molar-refractivity contribution is -0.198. The van der Waals surface area contributed by atoms with Gasteiger partial charge in [0.2, 0.25) is 17.9 Å². The van der Waals surface area contributed by atoms with Crippen molar-refractivity contribution in [1.82, 2.24) is 20.6 Å². The van der Waals surface area contributed by atoms with Crippen LogP contribution in [0.15, 0.2) is 54.6 Å². The van der Waals surface area contributed by atoms with Crippen molar-refractivity contribution in [3.8, 4) is 17.0 Å². The highest BCUT2D eigenvalue weighted by Crippen LogP contribution is 2.42. The minimum Gasteiger partial charge on any atom is -0.465 e. The molecule has 2 aromatic carbocycles. The molecular weight excluding hydrogens is 577 g/mol. The number of esters is 1. The molecule has 44 heavy (non-hydrogen) atoms. The summed E-state index contributed by atoms with van der Waals surface area (Å²) in [5.41, 5.74) is 7.64. The number of nitrogen functional groups attached to an aromatic ring is 1. The number of rotatable bonds is 8. The number of amides is 1. The summed E-state index contributed by atoms with van der Waals surface area (Å²) < 4.78 is 53.3. The summed E-state index contributed by atoms with van der Waals surface area (Å²) in [5.74, 6) is -0.576. The molecule has 13 heteroatoms. The summed E-state index contributed by atoms with van der Waals surface area (Å²) in [4.78, 5) is 34.1. The molecule has 10 nitrogen and oxygen atoms in total. The quantitative estimate of drug-likeness (QED) is 0.319. The van der Waals surface area contributed by atoms with Crippen LogP contribution in [0.1, 0.15) is 48.2 Å². The highest BCUT2D eigenvalue weighted by Gasteiger charge is 2.45. The van der Waals surface area contributed by atoms with E-state index in [1.54, 1.807) is 43.3 Å². The summed E-state index contributed by atoms with van der Waals surface area (Å²) in [6.45, 7) is 3.96. The number of hydrogen-bond acceptors (Lipinski definition) is 9. The van der Waals surface area contributed by atoms with Gasteiger partial charge in [-0.05, 0) is 54.9 Å². The third-order valence-corrected chi connectivity index (χ3v) is 8.24. The minimum atomic E-state index is -4.74. The highest BCUT2D eigenvalue weighted by atomic mass is 19.4. The average Bonchev–Trinajstić information content (AvgIpc) is 3.43. The molecule has 0 unspecified atom stereocenters. The number of benzene rings is 2. The van der Waals surface area contributed by atoms with E-state index in [0.29, 0.717) is 49.6 Å². The van der Waals surface area contributed by atoms with E-state index in [9.17, 15) is 22.8 Å². The van der Waals surface area contributed by atoms with Gasteiger partial charge in [-0.15, -0.1) is 0 Å². The molecule has 2 aliphatic heterocycles. The van der Waals surface area contributed by atoms with Gasteiger partial charge in [-0.2, -0.15) is 23.1 Å². The van der Waals surface area contributed by atoms with E-state index < -0.39 is 12.3 Å². The molecule has 2 saturated heterocycles. The number of carbonyl (C=O) groups is 2. The molecule has 2 fully saturated rings. The second kappa shape index (κ2) is 12.7. The molecule has 0 saturated carbocycles. The van der Waals surface area contributed by atoms with Crippen LogP contribution in [-0.2, 0) is 9.53 Å². The summed E-state index contributed by atoms with van der Waals surface area (Å²) in [7, 11) is 1.53. The predicted octanol–water partition coefficient (Wildman–Crippen LogP) is 4.28. The van der Waals surface area contributed by atoms with Gasteiger partial charge in [-0.3, -0.25) is 9.59 Å². The fraction of sp³-hybridized carbons (Fsp3) is 0.419. The molecule has 0 bridgehead atoms. The van der Waals surface area contributed by atoms with Crippen molar-refractivity contribution in [2.45, 2.75) is 44.5 Å². The first kappa shape index (κ1) is 31.0. The Labute approximate surface area is 253 Å². The van der Waals surface area contributed by atoms with E-state index >= 15 is 0 Å². The monoisotopic (exact) mass is 612 g/mol. The molecule has 5 rings (SSSR count). The van der Waals surface area contributed by atoms with E-state index in [1.807, 2.05) is 4.90 Å². The van der Waals surface area contributed by atoms with Crippen LogP contribution in [0.25, 0.3) is 11.1 Å². The molecule has 0 radical (unpaired) electrons. The number of carbonyl (C=O) groups excluding carboxylic acids is 2. The van der Waals surface area contributed by atoms with Crippen molar-refractivity contribution in [2.24, 2.45) is 5.41 Å². The number of nitrogens with two attached hydrogens (primary N) is 1. The number of ether oxygens (including phenoxy) is 2. The van der Waals surface area contributed by atoms with E-state index in [4.69, 9.17) is 15.2 Å². The normalized spacial score (nSPS) is 18.6. The Balaban J connectivity index is 1.28. The molecule has 2 aliphatic rings. The van der Waals surface area contributed by atoms with Crippen molar-refractivity contribution in [3.05, 3.63) is 65.7 Å². The number of hydrogen-bond donors (Lipinski definition) is 3. The molecule has 1 aromatic heterocycles. The first-order valence-corrected chi connectivity index (χ1v) is 14.5. The molecule has 0 aliphatic carbocycles. The van der Waals surface area contributed by atoms with E-state index in [2.05, 4.69) is 20.6 Å². The SMILES string of the molecule is CCOC(=O)[C@@H]1CC2(CCN(c3cc(O[C@H](c4ccc(-c5ccc(C(=O)NC)cc5)cc4)C(F)(F)F)nc(N)n3)CC2)CN1. The fourth-order valence-corrected chi connectivity index (χ4v) is 5.82. The molecule has 4 N–H and O–H groups in total. The van der Waals surface area contributed by atoms with Crippen LogP contribution in [0.5, 0.6) is 5.88 Å². The van der Waals surface area contributed by atoms with Gasteiger partial charge in [0.25, 0.3) is 5.91 Å². The Morgan fingerprint density at radius 2 is 1.73 bits per heavy atom. The molecular formula is C31H35F3N6O4. The Hall–Kier alpha value is -4.39. The third kappa shape index (κ3) is 6.88. The second-order valence-corrected chi connectivity index (χ2v) is 11.1. The predicted molar refractivity (Wildman–Crippen MR) is 158 cm³/mol. The Morgan fingerprint density at radius 1 is 1.09 bits per heavy atom. The van der Waals surface area contributed by atoms with Gasteiger partial charge in [0.15, 0.2) is 0 Å². The van der Waals surface area contributed by atoms with Gasteiger partial charge in [-0.1, -0.05) is 36.4 Å². The Kier molecular flexibility index (Phi) is 8.95. The zero-order valence-corrected chi connectivity index (χ0v) is 24.5. The van der Waals surface area contributed by atoms with Crippen LogP contribution < -0.4 is 26.0 Å². The lowest BCUT2D eigenvalue weighted by Gasteiger charge is -2.39. The van der Waals surface area contributed by atoms with Crippen molar-refractivity contribution in [2.75, 3.05) is 43.9 Å². The molecule has 1 amide bonds. The molecule has 234 valence electrons. The lowest BCUT2D eigenvalue weighted by atomic mass is 9.76. The molecule has 2 atom stereocenters. The maximum atomic E-state index is 14.2. The van der Waals surface area contributed by atoms with Crippen LogP contribution in [0.4, 0.5) is 24.9 Å². The maximum absolute atomic E-state index is 14.2. The minimum absolute atomic E-state index is 0.0639. The zero-order chi connectivity index (χ0) is 31.5. The van der Waals surface area contributed by atoms with Crippen LogP contribution in [0, 0.1) is 5.41 Å². The Bertz CT molecular complexity index is 1480. The number of nitrogens with zero attached hydrogens (tertiary/aromatic N) is 3. The average molecular weight is 613 g/mol. The number of anilines is 2. The Morgan fingerprint density at radius 3 is 2.32 bits per heavy atom. The summed E-state index contributed by atoms with van der Waals surface area (Å²) in [6.07, 6.45) is -4.82. The first-order valence-electron chi connectivity index (χ1n) is 14.5. The van der Waals surface area contributed by atoms with E-state index in [1.165, 1.54) is 25.2 Å². The molecule has 3 aromatic rings. The third-order valence-electron chi connectivity index (χ3n) is 8.24. The van der Waals surface area contributed by atoms with Gasteiger partial charge in [-0.25, -0.2) is 0 Å². The van der Waals surface area contributed by atoms with Crippen molar-refractivity contribution in [3.63, 3.8) is 0 Å². The van der Waals surface area contributed by atoms with Gasteiger partial charge < -0.3 is 30.7 Å². The van der Waals surface area contributed by atoms with E-state index in [0.717, 1.165) is 18.4 Å². The number of aromatic nitrogens is 2. The standard InChI is InChI=1S/C31H35F3N6O4/c1-3-43-28(42)23-17-30(18-37-23)12-14-40(15-13-30)24-16-25(39-29(35)38-24)44-26(31(32,33)34)21-8-4-19(5-9-21)20-6-10-22(11-7-20)27(41)36-2/h4-11,16,23,26,37H,3,12-15,17-18H2,1-2H3,(H,36,41)(H2,35,38,39)/t23-,26+/m0/s1. The zero-order valence-electron chi connectivity index (χ0n) is 24.5. The van der Waals surface area contributed by atoms with Gasteiger partial charge in [0, 0.05) is 43.9 Å². The van der Waals surface area contributed by atoms with Gasteiger partial charge >= 0.3 is 12.1 Å². The molecule has 3 heterocycles. The lowest BCUT2D eigenvalue weighted by Crippen LogP contribution is -2.41. The maximum Gasteiger partial charge on any atom is 0.429 e. The van der Waals surface area contributed by atoms with Gasteiger partial charge in [0.1, 0.15) is 11.9 Å². The smallest absolute Gasteiger partial charge is 0.429 e. The van der Waals surface area contributed by atoms with Crippen LogP contribution >= 0.6 is 0 Å². The van der Waals surface area contributed by atoms with Crippen molar-refractivity contribution in [1.29, 1.82) is 0 Å². The van der Waals surface area contributed by atoms with Crippen molar-refractivity contribution < 1.29 is 32.2 Å². The first-order chi connectivity index (χ1) is 21.0. The number of alkyl halides is 3.